The number of methoxy groups -OCH3 is 2. The Morgan fingerprint density at radius 3 is 2.57 bits per heavy atom. The minimum atomic E-state index is -0.187. The van der Waals surface area contributed by atoms with Gasteiger partial charge in [0, 0.05) is 11.8 Å². The third-order valence-corrected chi connectivity index (χ3v) is 4.57. The molecule has 3 aromatic heterocycles. The molecule has 4 aromatic rings. The van der Waals surface area contributed by atoms with Crippen molar-refractivity contribution in [2.75, 3.05) is 19.5 Å². The Labute approximate surface area is 172 Å². The first-order chi connectivity index (χ1) is 14.5. The monoisotopic (exact) mass is 404 g/mol. The zero-order valence-corrected chi connectivity index (χ0v) is 17.0. The molecule has 0 radical (unpaired) electrons. The summed E-state index contributed by atoms with van der Waals surface area (Å²) in [5.41, 5.74) is 3.59. The van der Waals surface area contributed by atoms with Gasteiger partial charge in [0.15, 0.2) is 11.6 Å². The fourth-order valence-corrected chi connectivity index (χ4v) is 3.13. The van der Waals surface area contributed by atoms with Gasteiger partial charge >= 0.3 is 0 Å². The average Bonchev–Trinajstić information content (AvgIpc) is 3.17. The molecule has 9 nitrogen and oxygen atoms in total. The van der Waals surface area contributed by atoms with Gasteiger partial charge in [-0.05, 0) is 44.2 Å². The number of nitrogens with zero attached hydrogens (tertiary/aromatic N) is 5. The summed E-state index contributed by atoms with van der Waals surface area (Å²) in [6, 6.07) is 11.2. The van der Waals surface area contributed by atoms with Crippen molar-refractivity contribution in [3.05, 3.63) is 54.0 Å². The number of imidazole rings is 1. The molecule has 0 saturated heterocycles. The summed E-state index contributed by atoms with van der Waals surface area (Å²) in [4.78, 5) is 20.9. The van der Waals surface area contributed by atoms with Crippen LogP contribution in [0.3, 0.4) is 0 Å². The van der Waals surface area contributed by atoms with Gasteiger partial charge in [0.2, 0.25) is 5.88 Å². The van der Waals surface area contributed by atoms with E-state index in [2.05, 4.69) is 25.5 Å². The zero-order chi connectivity index (χ0) is 21.3. The third kappa shape index (κ3) is 3.52. The molecule has 0 aliphatic heterocycles. The van der Waals surface area contributed by atoms with E-state index in [9.17, 15) is 4.79 Å². The van der Waals surface area contributed by atoms with Crippen molar-refractivity contribution in [1.29, 1.82) is 0 Å². The predicted molar refractivity (Wildman–Crippen MR) is 112 cm³/mol. The van der Waals surface area contributed by atoms with E-state index in [0.717, 1.165) is 22.4 Å². The first-order valence-corrected chi connectivity index (χ1v) is 9.19. The molecule has 0 amide bonds. The van der Waals surface area contributed by atoms with Gasteiger partial charge in [-0.1, -0.05) is 0 Å². The summed E-state index contributed by atoms with van der Waals surface area (Å²) >= 11 is 0. The molecule has 0 aliphatic carbocycles. The van der Waals surface area contributed by atoms with Crippen molar-refractivity contribution in [3.8, 4) is 17.4 Å². The highest BCUT2D eigenvalue weighted by molar-refractivity contribution is 5.99. The summed E-state index contributed by atoms with van der Waals surface area (Å²) in [7, 11) is 2.97. The van der Waals surface area contributed by atoms with E-state index in [4.69, 9.17) is 9.47 Å². The molecule has 152 valence electrons. The lowest BCUT2D eigenvalue weighted by Crippen LogP contribution is -2.07. The first-order valence-electron chi connectivity index (χ1n) is 9.19. The predicted octanol–water partition coefficient (Wildman–Crippen LogP) is 3.48. The second-order valence-corrected chi connectivity index (χ2v) is 6.63. The number of aryl methyl sites for hydroxylation is 1. The first kappa shape index (κ1) is 19.3. The molecule has 0 bridgehead atoms. The van der Waals surface area contributed by atoms with Gasteiger partial charge in [-0.15, -0.1) is 5.10 Å². The number of pyridine rings is 1. The van der Waals surface area contributed by atoms with Crippen LogP contribution in [0.1, 0.15) is 23.0 Å². The van der Waals surface area contributed by atoms with Crippen molar-refractivity contribution in [3.63, 3.8) is 0 Å². The summed E-state index contributed by atoms with van der Waals surface area (Å²) in [6.45, 7) is 3.33. The fraction of sp³-hybridized carbons (Fsp3) is 0.190. The third-order valence-electron chi connectivity index (χ3n) is 4.57. The maximum Gasteiger partial charge on any atom is 0.229 e. The molecule has 0 atom stereocenters. The Kier molecular flexibility index (Phi) is 5.01. The summed E-state index contributed by atoms with van der Waals surface area (Å²) in [5, 5.41) is 11.4. The Balaban J connectivity index is 1.73. The zero-order valence-electron chi connectivity index (χ0n) is 17.0. The van der Waals surface area contributed by atoms with Crippen LogP contribution in [0.5, 0.6) is 11.6 Å². The van der Waals surface area contributed by atoms with Crippen LogP contribution in [0.25, 0.3) is 16.9 Å². The second kappa shape index (κ2) is 7.78. The number of carbonyl (C=O) groups excluding carboxylic acids is 1. The van der Waals surface area contributed by atoms with Gasteiger partial charge in [0.25, 0.3) is 0 Å². The van der Waals surface area contributed by atoms with Crippen LogP contribution in [-0.4, -0.2) is 44.7 Å². The Morgan fingerprint density at radius 2 is 1.90 bits per heavy atom. The second-order valence-electron chi connectivity index (χ2n) is 6.63. The van der Waals surface area contributed by atoms with Gasteiger partial charge in [0.05, 0.1) is 30.9 Å². The number of anilines is 2. The molecule has 1 N–H and O–H groups in total. The smallest absolute Gasteiger partial charge is 0.229 e. The minimum absolute atomic E-state index is 0.187. The van der Waals surface area contributed by atoms with Gasteiger partial charge in [-0.2, -0.15) is 10.1 Å². The van der Waals surface area contributed by atoms with Crippen LogP contribution in [0.2, 0.25) is 0 Å². The van der Waals surface area contributed by atoms with E-state index in [0.29, 0.717) is 22.9 Å². The number of hydrogen-bond donors (Lipinski definition) is 1. The Hall–Kier alpha value is -4.01. The van der Waals surface area contributed by atoms with E-state index in [1.165, 1.54) is 21.1 Å². The van der Waals surface area contributed by atoms with Gasteiger partial charge < -0.3 is 14.8 Å². The molecule has 9 heteroatoms. The molecule has 0 fully saturated rings. The number of rotatable bonds is 6. The van der Waals surface area contributed by atoms with Crippen LogP contribution in [0.4, 0.5) is 11.5 Å². The molecule has 0 unspecified atom stereocenters. The van der Waals surface area contributed by atoms with E-state index >= 15 is 0 Å². The molecule has 0 aliphatic rings. The molecule has 1 aromatic carbocycles. The largest absolute Gasteiger partial charge is 0.496 e. The number of hydrogen-bond acceptors (Lipinski definition) is 8. The standard InChI is InChI=1S/C21H20N6O3/c1-12-5-8-18(26-25-12)23-14-6-7-16-15(9-14)22-11-27(16)19-10-17(29-3)20(13(2)28)21(24-19)30-4/h5-11H,1-4H3,(H,23,26). The van der Waals surface area contributed by atoms with E-state index in [1.54, 1.807) is 17.0 Å². The van der Waals surface area contributed by atoms with E-state index in [1.807, 2.05) is 37.3 Å². The van der Waals surface area contributed by atoms with Gasteiger partial charge in [0.1, 0.15) is 23.5 Å². The number of ether oxygens (including phenoxy) is 2. The number of ketones is 1. The molecular weight excluding hydrogens is 384 g/mol. The van der Waals surface area contributed by atoms with Crippen molar-refractivity contribution in [2.45, 2.75) is 13.8 Å². The number of fused-ring (bicyclic) bond motifs is 1. The van der Waals surface area contributed by atoms with E-state index in [-0.39, 0.29) is 11.7 Å². The highest BCUT2D eigenvalue weighted by Crippen LogP contribution is 2.31. The lowest BCUT2D eigenvalue weighted by molar-refractivity contribution is 0.101. The van der Waals surface area contributed by atoms with Crippen LogP contribution < -0.4 is 14.8 Å². The quantitative estimate of drug-likeness (QED) is 0.487. The topological polar surface area (TPSA) is 104 Å². The lowest BCUT2D eigenvalue weighted by atomic mass is 10.1. The van der Waals surface area contributed by atoms with Crippen molar-refractivity contribution >= 4 is 28.3 Å². The summed E-state index contributed by atoms with van der Waals surface area (Å²) in [6.07, 6.45) is 1.66. The maximum absolute atomic E-state index is 12.0. The molecule has 30 heavy (non-hydrogen) atoms. The minimum Gasteiger partial charge on any atom is -0.496 e. The lowest BCUT2D eigenvalue weighted by Gasteiger charge is -2.13. The number of benzene rings is 1. The Morgan fingerprint density at radius 1 is 1.07 bits per heavy atom. The maximum atomic E-state index is 12.0. The number of carbonyl (C=O) groups is 1. The number of nitrogens with one attached hydrogen (secondary N) is 1. The fourth-order valence-electron chi connectivity index (χ4n) is 3.13. The normalized spacial score (nSPS) is 10.8. The molecule has 0 saturated carbocycles. The Bertz CT molecular complexity index is 1210. The highest BCUT2D eigenvalue weighted by Gasteiger charge is 2.19. The van der Waals surface area contributed by atoms with Crippen molar-refractivity contribution < 1.29 is 14.3 Å². The van der Waals surface area contributed by atoms with Crippen molar-refractivity contribution in [2.24, 2.45) is 0 Å². The molecular formula is C21H20N6O3. The van der Waals surface area contributed by atoms with Crippen LogP contribution in [0, 0.1) is 6.92 Å². The highest BCUT2D eigenvalue weighted by atomic mass is 16.5. The van der Waals surface area contributed by atoms with Crippen LogP contribution in [0.15, 0.2) is 42.7 Å². The molecule has 3 heterocycles. The molecule has 0 spiro atoms. The van der Waals surface area contributed by atoms with Crippen LogP contribution in [-0.2, 0) is 0 Å². The summed E-state index contributed by atoms with van der Waals surface area (Å²) < 4.78 is 12.5. The van der Waals surface area contributed by atoms with Gasteiger partial charge in [-0.3, -0.25) is 9.36 Å². The number of aromatic nitrogens is 5. The van der Waals surface area contributed by atoms with Crippen molar-refractivity contribution in [1.82, 2.24) is 24.7 Å². The summed E-state index contributed by atoms with van der Waals surface area (Å²) in [5.74, 6) is 1.59. The van der Waals surface area contributed by atoms with Gasteiger partial charge in [-0.25, -0.2) is 4.98 Å². The SMILES string of the molecule is COc1cc(-n2cnc3cc(Nc4ccc(C)nn4)ccc32)nc(OC)c1C(C)=O. The van der Waals surface area contributed by atoms with Crippen LogP contribution >= 0.6 is 0 Å². The average molecular weight is 404 g/mol. The van der Waals surface area contributed by atoms with E-state index < -0.39 is 0 Å². The molecule has 4 rings (SSSR count). The number of Topliss-reactive ketones (excluding diaryl/α,β-unsaturated/α-hetero) is 1.